The van der Waals surface area contributed by atoms with E-state index in [1.165, 1.54) is 0 Å². The Labute approximate surface area is 122 Å². The van der Waals surface area contributed by atoms with Crippen molar-refractivity contribution in [3.05, 3.63) is 64.7 Å². The third kappa shape index (κ3) is 1.69. The molecule has 3 heteroatoms. The Morgan fingerprint density at radius 2 is 2.10 bits per heavy atom. The fourth-order valence-corrected chi connectivity index (χ4v) is 3.05. The number of rotatable bonds is 0. The number of aromatic nitrogens is 1. The van der Waals surface area contributed by atoms with E-state index >= 15 is 0 Å². The molecule has 2 aromatic rings. The van der Waals surface area contributed by atoms with Gasteiger partial charge in [-0.2, -0.15) is 0 Å². The Morgan fingerprint density at radius 3 is 3.05 bits per heavy atom. The average Bonchev–Trinajstić information content (AvgIpc) is 2.68. The van der Waals surface area contributed by atoms with Gasteiger partial charge in [0.05, 0.1) is 16.8 Å². The van der Waals surface area contributed by atoms with Gasteiger partial charge in [-0.1, -0.05) is 35.9 Å². The van der Waals surface area contributed by atoms with Crippen LogP contribution in [0.15, 0.2) is 53.6 Å². The standard InChI is InChI=1S/C17H12ClNO/c18-14-6-3-5-13-16-11(8-9-20-17(13)14)10-19-15-7-2-1-4-12(15)16/h1-2,4-5,7-10H,3,6H2. The average molecular weight is 282 g/mol. The highest BCUT2D eigenvalue weighted by atomic mass is 35.5. The molecule has 4 rings (SSSR count). The minimum Gasteiger partial charge on any atom is -0.463 e. The summed E-state index contributed by atoms with van der Waals surface area (Å²) < 4.78 is 5.72. The molecule has 1 aliphatic heterocycles. The molecule has 0 radical (unpaired) electrons. The van der Waals surface area contributed by atoms with E-state index < -0.39 is 0 Å². The van der Waals surface area contributed by atoms with Gasteiger partial charge in [0.1, 0.15) is 5.76 Å². The van der Waals surface area contributed by atoms with Gasteiger partial charge in [-0.25, -0.2) is 0 Å². The van der Waals surface area contributed by atoms with E-state index in [-0.39, 0.29) is 0 Å². The summed E-state index contributed by atoms with van der Waals surface area (Å²) in [4.78, 5) is 4.51. The van der Waals surface area contributed by atoms with Crippen molar-refractivity contribution >= 4 is 34.2 Å². The van der Waals surface area contributed by atoms with Gasteiger partial charge in [0.15, 0.2) is 0 Å². The van der Waals surface area contributed by atoms with Crippen LogP contribution in [0.4, 0.5) is 0 Å². The van der Waals surface area contributed by atoms with Crippen LogP contribution in [0.25, 0.3) is 22.6 Å². The topological polar surface area (TPSA) is 22.1 Å². The maximum absolute atomic E-state index is 6.34. The summed E-state index contributed by atoms with van der Waals surface area (Å²) in [6.45, 7) is 0. The quantitative estimate of drug-likeness (QED) is 0.688. The molecule has 1 aromatic heterocycles. The fourth-order valence-electron chi connectivity index (χ4n) is 2.80. The number of para-hydroxylation sites is 1. The molecule has 0 N–H and O–H groups in total. The van der Waals surface area contributed by atoms with Crippen LogP contribution in [0.2, 0.25) is 0 Å². The number of fused-ring (bicyclic) bond motifs is 5. The summed E-state index contributed by atoms with van der Waals surface area (Å²) in [6.07, 6.45) is 9.53. The highest BCUT2D eigenvalue weighted by Crippen LogP contribution is 2.41. The predicted octanol–water partition coefficient (Wildman–Crippen LogP) is 4.86. The van der Waals surface area contributed by atoms with E-state index in [2.05, 4.69) is 17.1 Å². The molecule has 2 aliphatic rings. The normalized spacial score (nSPS) is 17.1. The van der Waals surface area contributed by atoms with Crippen molar-refractivity contribution in [3.8, 4) is 0 Å². The Kier molecular flexibility index (Phi) is 2.64. The first-order valence-corrected chi connectivity index (χ1v) is 7.03. The molecule has 2 heterocycles. The van der Waals surface area contributed by atoms with Crippen molar-refractivity contribution in [2.24, 2.45) is 0 Å². The number of hydrogen-bond donors (Lipinski definition) is 0. The second-order valence-corrected chi connectivity index (χ2v) is 5.37. The molecule has 0 saturated heterocycles. The van der Waals surface area contributed by atoms with Gasteiger partial charge < -0.3 is 4.74 Å². The van der Waals surface area contributed by atoms with Crippen LogP contribution in [0, 0.1) is 0 Å². The van der Waals surface area contributed by atoms with Crippen LogP contribution >= 0.6 is 11.6 Å². The molecule has 0 fully saturated rings. The van der Waals surface area contributed by atoms with E-state index in [4.69, 9.17) is 16.3 Å². The van der Waals surface area contributed by atoms with Crippen LogP contribution in [-0.4, -0.2) is 4.98 Å². The zero-order chi connectivity index (χ0) is 13.5. The van der Waals surface area contributed by atoms with Crippen LogP contribution in [0.3, 0.4) is 0 Å². The van der Waals surface area contributed by atoms with Crippen molar-refractivity contribution in [2.45, 2.75) is 12.8 Å². The molecule has 0 saturated carbocycles. The minimum atomic E-state index is 0.782. The highest BCUT2D eigenvalue weighted by Gasteiger charge is 2.23. The number of hydrogen-bond acceptors (Lipinski definition) is 2. The summed E-state index contributed by atoms with van der Waals surface area (Å²) in [5, 5.41) is 1.93. The smallest absolute Gasteiger partial charge is 0.148 e. The van der Waals surface area contributed by atoms with E-state index in [1.807, 2.05) is 30.5 Å². The number of ether oxygens (including phenoxy) is 1. The van der Waals surface area contributed by atoms with Crippen molar-refractivity contribution in [3.63, 3.8) is 0 Å². The van der Waals surface area contributed by atoms with Gasteiger partial charge in [-0.3, -0.25) is 4.98 Å². The molecular formula is C17H12ClNO. The molecule has 98 valence electrons. The number of nitrogens with zero attached hydrogens (tertiary/aromatic N) is 1. The Balaban J connectivity index is 2.10. The van der Waals surface area contributed by atoms with Gasteiger partial charge in [-0.05, 0) is 25.0 Å². The molecule has 0 amide bonds. The van der Waals surface area contributed by atoms with E-state index in [0.717, 1.165) is 51.2 Å². The summed E-state index contributed by atoms with van der Waals surface area (Å²) in [7, 11) is 0. The molecular weight excluding hydrogens is 270 g/mol. The number of allylic oxidation sites excluding steroid dienone is 3. The molecule has 0 spiro atoms. The lowest BCUT2D eigenvalue weighted by molar-refractivity contribution is 0.372. The zero-order valence-electron chi connectivity index (χ0n) is 10.8. The minimum absolute atomic E-state index is 0.782. The molecule has 20 heavy (non-hydrogen) atoms. The van der Waals surface area contributed by atoms with E-state index in [1.54, 1.807) is 6.26 Å². The predicted molar refractivity (Wildman–Crippen MR) is 82.0 cm³/mol. The number of halogens is 1. The third-order valence-electron chi connectivity index (χ3n) is 3.71. The Morgan fingerprint density at radius 1 is 1.20 bits per heavy atom. The molecule has 2 nitrogen and oxygen atoms in total. The van der Waals surface area contributed by atoms with Gasteiger partial charge in [0, 0.05) is 28.3 Å². The third-order valence-corrected chi connectivity index (χ3v) is 4.07. The highest BCUT2D eigenvalue weighted by molar-refractivity contribution is 6.31. The van der Waals surface area contributed by atoms with Gasteiger partial charge in [0.25, 0.3) is 0 Å². The Hall–Kier alpha value is -2.06. The first-order valence-electron chi connectivity index (χ1n) is 6.65. The monoisotopic (exact) mass is 281 g/mol. The van der Waals surface area contributed by atoms with Crippen LogP contribution in [0.5, 0.6) is 0 Å². The maximum Gasteiger partial charge on any atom is 0.148 e. The van der Waals surface area contributed by atoms with Crippen LogP contribution in [-0.2, 0) is 4.74 Å². The summed E-state index contributed by atoms with van der Waals surface area (Å²) in [5.74, 6) is 0.782. The van der Waals surface area contributed by atoms with Crippen molar-refractivity contribution in [1.82, 2.24) is 4.98 Å². The number of pyridine rings is 1. The van der Waals surface area contributed by atoms with E-state index in [0.29, 0.717) is 0 Å². The SMILES string of the molecule is ClC1=C2OC=Cc3cnc4ccccc4c3C2=CCC1. The molecule has 1 aromatic carbocycles. The van der Waals surface area contributed by atoms with Gasteiger partial charge >= 0.3 is 0 Å². The summed E-state index contributed by atoms with van der Waals surface area (Å²) >= 11 is 6.34. The first-order chi connectivity index (χ1) is 9.84. The largest absolute Gasteiger partial charge is 0.463 e. The zero-order valence-corrected chi connectivity index (χ0v) is 11.5. The number of benzene rings is 1. The maximum atomic E-state index is 6.34. The molecule has 0 unspecified atom stereocenters. The van der Waals surface area contributed by atoms with Crippen molar-refractivity contribution < 1.29 is 4.74 Å². The lowest BCUT2D eigenvalue weighted by Crippen LogP contribution is -2.01. The molecule has 0 bridgehead atoms. The fraction of sp³-hybridized carbons (Fsp3) is 0.118. The first kappa shape index (κ1) is 11.7. The molecule has 1 aliphatic carbocycles. The van der Waals surface area contributed by atoms with Crippen LogP contribution in [0.1, 0.15) is 24.0 Å². The summed E-state index contributed by atoms with van der Waals surface area (Å²) in [5.41, 5.74) is 4.30. The van der Waals surface area contributed by atoms with Gasteiger partial charge in [-0.15, -0.1) is 0 Å². The lowest BCUT2D eigenvalue weighted by atomic mass is 9.92. The van der Waals surface area contributed by atoms with Crippen molar-refractivity contribution in [1.29, 1.82) is 0 Å². The van der Waals surface area contributed by atoms with E-state index in [9.17, 15) is 0 Å². The second-order valence-electron chi connectivity index (χ2n) is 4.92. The Bertz CT molecular complexity index is 802. The second kappa shape index (κ2) is 4.50. The van der Waals surface area contributed by atoms with Gasteiger partial charge in [0.2, 0.25) is 0 Å². The van der Waals surface area contributed by atoms with Crippen molar-refractivity contribution in [2.75, 3.05) is 0 Å². The molecule has 0 atom stereocenters. The lowest BCUT2D eigenvalue weighted by Gasteiger charge is -2.18. The summed E-state index contributed by atoms with van der Waals surface area (Å²) in [6, 6.07) is 8.17. The van der Waals surface area contributed by atoms with Crippen LogP contribution < -0.4 is 0 Å².